The van der Waals surface area contributed by atoms with Gasteiger partial charge in [0.2, 0.25) is 5.95 Å². The third kappa shape index (κ3) is 1.93. The van der Waals surface area contributed by atoms with Crippen LogP contribution in [-0.4, -0.2) is 20.2 Å². The number of alkyl halides is 3. The van der Waals surface area contributed by atoms with Gasteiger partial charge in [-0.15, -0.1) is 0 Å². The molecule has 0 atom stereocenters. The van der Waals surface area contributed by atoms with Gasteiger partial charge >= 0.3 is 6.18 Å². The standard InChI is InChI=1S/C9H8F3N5/c1-5-6(9(10,11)12)3-2-4-7(5)17-8(13)14-15-16-17/h2-4H,1H3,(H2,13,14,16). The van der Waals surface area contributed by atoms with Crippen molar-refractivity contribution in [3.63, 3.8) is 0 Å². The zero-order valence-corrected chi connectivity index (χ0v) is 8.73. The molecule has 0 radical (unpaired) electrons. The Balaban J connectivity index is 2.62. The fourth-order valence-electron chi connectivity index (χ4n) is 1.53. The number of benzene rings is 1. The summed E-state index contributed by atoms with van der Waals surface area (Å²) in [7, 11) is 0. The molecular weight excluding hydrogens is 235 g/mol. The van der Waals surface area contributed by atoms with Crippen molar-refractivity contribution in [2.24, 2.45) is 0 Å². The number of halogens is 3. The molecular formula is C9H8F3N5. The van der Waals surface area contributed by atoms with E-state index in [0.717, 1.165) is 10.7 Å². The summed E-state index contributed by atoms with van der Waals surface area (Å²) in [6.07, 6.45) is -4.41. The second kappa shape index (κ2) is 3.72. The third-order valence-corrected chi connectivity index (χ3v) is 2.33. The lowest BCUT2D eigenvalue weighted by molar-refractivity contribution is -0.138. The SMILES string of the molecule is Cc1c(-n2nnnc2N)cccc1C(F)(F)F. The minimum Gasteiger partial charge on any atom is -0.366 e. The van der Waals surface area contributed by atoms with Gasteiger partial charge in [-0.3, -0.25) is 0 Å². The van der Waals surface area contributed by atoms with Crippen molar-refractivity contribution in [1.82, 2.24) is 20.2 Å². The Labute approximate surface area is 94.0 Å². The Morgan fingerprint density at radius 1 is 1.29 bits per heavy atom. The van der Waals surface area contributed by atoms with E-state index in [1.54, 1.807) is 0 Å². The summed E-state index contributed by atoms with van der Waals surface area (Å²) in [4.78, 5) is 0. The quantitative estimate of drug-likeness (QED) is 0.825. The van der Waals surface area contributed by atoms with Gasteiger partial charge in [-0.05, 0) is 35.0 Å². The van der Waals surface area contributed by atoms with Gasteiger partial charge in [-0.2, -0.15) is 17.9 Å². The molecule has 0 aliphatic heterocycles. The molecule has 8 heteroatoms. The highest BCUT2D eigenvalue weighted by atomic mass is 19.4. The maximum atomic E-state index is 12.7. The number of nitrogen functional groups attached to an aromatic ring is 1. The normalized spacial score (nSPS) is 11.8. The molecule has 5 nitrogen and oxygen atoms in total. The Morgan fingerprint density at radius 3 is 2.53 bits per heavy atom. The van der Waals surface area contributed by atoms with E-state index >= 15 is 0 Å². The summed E-state index contributed by atoms with van der Waals surface area (Å²) in [5, 5.41) is 10.2. The Morgan fingerprint density at radius 2 is 2.00 bits per heavy atom. The molecule has 0 spiro atoms. The minimum atomic E-state index is -4.41. The first-order valence-corrected chi connectivity index (χ1v) is 4.62. The van der Waals surface area contributed by atoms with E-state index in [9.17, 15) is 13.2 Å². The molecule has 1 aromatic heterocycles. The van der Waals surface area contributed by atoms with Crippen molar-refractivity contribution in [2.75, 3.05) is 5.73 Å². The first-order valence-electron chi connectivity index (χ1n) is 4.62. The minimum absolute atomic E-state index is 0.0269. The number of hydrogen-bond donors (Lipinski definition) is 1. The van der Waals surface area contributed by atoms with E-state index in [4.69, 9.17) is 5.73 Å². The van der Waals surface area contributed by atoms with E-state index in [-0.39, 0.29) is 17.2 Å². The van der Waals surface area contributed by atoms with E-state index in [1.807, 2.05) is 0 Å². The second-order valence-corrected chi connectivity index (χ2v) is 3.40. The lowest BCUT2D eigenvalue weighted by atomic mass is 10.1. The van der Waals surface area contributed by atoms with Crippen LogP contribution in [0.15, 0.2) is 18.2 Å². The number of rotatable bonds is 1. The van der Waals surface area contributed by atoms with E-state index in [1.165, 1.54) is 19.1 Å². The molecule has 1 heterocycles. The highest BCUT2D eigenvalue weighted by molar-refractivity contribution is 5.48. The van der Waals surface area contributed by atoms with Crippen molar-refractivity contribution in [3.05, 3.63) is 29.3 Å². The summed E-state index contributed by atoms with van der Waals surface area (Å²) in [5.41, 5.74) is 4.95. The van der Waals surface area contributed by atoms with Crippen molar-refractivity contribution in [2.45, 2.75) is 13.1 Å². The highest BCUT2D eigenvalue weighted by Crippen LogP contribution is 2.33. The number of anilines is 1. The van der Waals surface area contributed by atoms with Crippen LogP contribution in [0.5, 0.6) is 0 Å². The maximum absolute atomic E-state index is 12.7. The van der Waals surface area contributed by atoms with Crippen molar-refractivity contribution < 1.29 is 13.2 Å². The maximum Gasteiger partial charge on any atom is 0.416 e. The fourth-order valence-corrected chi connectivity index (χ4v) is 1.53. The van der Waals surface area contributed by atoms with Gasteiger partial charge in [0, 0.05) is 0 Å². The first kappa shape index (κ1) is 11.4. The summed E-state index contributed by atoms with van der Waals surface area (Å²) in [5.74, 6) is -0.0626. The second-order valence-electron chi connectivity index (χ2n) is 3.40. The van der Waals surface area contributed by atoms with Gasteiger partial charge < -0.3 is 5.73 Å². The summed E-state index contributed by atoms with van der Waals surface area (Å²) in [6.45, 7) is 1.35. The first-order chi connectivity index (χ1) is 7.91. The number of nitrogens with zero attached hydrogens (tertiary/aromatic N) is 4. The van der Waals surface area contributed by atoms with Crippen LogP contribution in [0.25, 0.3) is 5.69 Å². The summed E-state index contributed by atoms with van der Waals surface area (Å²) in [6, 6.07) is 3.75. The molecule has 2 N–H and O–H groups in total. The Kier molecular flexibility index (Phi) is 2.49. The summed E-state index contributed by atoms with van der Waals surface area (Å²) < 4.78 is 39.1. The van der Waals surface area contributed by atoms with Gasteiger partial charge in [0.25, 0.3) is 0 Å². The molecule has 0 unspecified atom stereocenters. The van der Waals surface area contributed by atoms with Gasteiger partial charge in [-0.25, -0.2) is 0 Å². The van der Waals surface area contributed by atoms with Crippen LogP contribution >= 0.6 is 0 Å². The van der Waals surface area contributed by atoms with Crippen molar-refractivity contribution in [1.29, 1.82) is 0 Å². The lowest BCUT2D eigenvalue weighted by Crippen LogP contribution is -2.11. The van der Waals surface area contributed by atoms with Crippen LogP contribution in [0.1, 0.15) is 11.1 Å². The molecule has 0 fully saturated rings. The molecule has 0 saturated carbocycles. The van der Waals surface area contributed by atoms with Crippen LogP contribution in [0.4, 0.5) is 19.1 Å². The molecule has 90 valence electrons. The van der Waals surface area contributed by atoms with Gasteiger partial charge in [0.05, 0.1) is 11.3 Å². The van der Waals surface area contributed by atoms with Crippen LogP contribution in [0.2, 0.25) is 0 Å². The predicted octanol–water partition coefficient (Wildman–Crippen LogP) is 1.57. The number of hydrogen-bond acceptors (Lipinski definition) is 4. The predicted molar refractivity (Wildman–Crippen MR) is 53.3 cm³/mol. The van der Waals surface area contributed by atoms with Crippen LogP contribution in [0.3, 0.4) is 0 Å². The van der Waals surface area contributed by atoms with Crippen LogP contribution < -0.4 is 5.73 Å². The Bertz CT molecular complexity index is 546. The number of aromatic nitrogens is 4. The van der Waals surface area contributed by atoms with E-state index in [0.29, 0.717) is 0 Å². The highest BCUT2D eigenvalue weighted by Gasteiger charge is 2.33. The topological polar surface area (TPSA) is 69.6 Å². The van der Waals surface area contributed by atoms with Gasteiger partial charge in [-0.1, -0.05) is 11.2 Å². The summed E-state index contributed by atoms with van der Waals surface area (Å²) >= 11 is 0. The molecule has 2 aromatic rings. The zero-order valence-electron chi connectivity index (χ0n) is 8.73. The molecule has 0 saturated heterocycles. The number of tetrazole rings is 1. The van der Waals surface area contributed by atoms with Gasteiger partial charge in [0.15, 0.2) is 0 Å². The lowest BCUT2D eigenvalue weighted by Gasteiger charge is -2.13. The van der Waals surface area contributed by atoms with E-state index < -0.39 is 11.7 Å². The molecule has 0 bridgehead atoms. The smallest absolute Gasteiger partial charge is 0.366 e. The third-order valence-electron chi connectivity index (χ3n) is 2.33. The van der Waals surface area contributed by atoms with Crippen molar-refractivity contribution in [3.8, 4) is 5.69 Å². The van der Waals surface area contributed by atoms with E-state index in [2.05, 4.69) is 15.5 Å². The molecule has 17 heavy (non-hydrogen) atoms. The molecule has 0 aliphatic rings. The average Bonchev–Trinajstić information content (AvgIpc) is 2.63. The monoisotopic (exact) mass is 243 g/mol. The largest absolute Gasteiger partial charge is 0.416 e. The fraction of sp³-hybridized carbons (Fsp3) is 0.222. The molecule has 0 aliphatic carbocycles. The van der Waals surface area contributed by atoms with Crippen LogP contribution in [0, 0.1) is 6.92 Å². The van der Waals surface area contributed by atoms with Gasteiger partial charge in [0.1, 0.15) is 0 Å². The molecule has 2 rings (SSSR count). The Hall–Kier alpha value is -2.12. The molecule has 0 amide bonds. The molecule has 1 aromatic carbocycles. The zero-order chi connectivity index (χ0) is 12.6. The van der Waals surface area contributed by atoms with Crippen molar-refractivity contribution >= 4 is 5.95 Å². The number of nitrogens with two attached hydrogens (primary N) is 1. The van der Waals surface area contributed by atoms with Crippen LogP contribution in [-0.2, 0) is 6.18 Å². The average molecular weight is 243 g/mol.